The maximum absolute atomic E-state index is 12.9. The second-order valence-electron chi connectivity index (χ2n) is 9.43. The Morgan fingerprint density at radius 3 is 2.15 bits per heavy atom. The van der Waals surface area contributed by atoms with E-state index in [2.05, 4.69) is 31.0 Å². The molecule has 1 N–H and O–H groups in total. The monoisotopic (exact) mass is 364 g/mol. The van der Waals surface area contributed by atoms with Crippen LogP contribution in [0.4, 0.5) is 0 Å². The molecule has 152 valence electrons. The molecule has 2 aliphatic rings. The van der Waals surface area contributed by atoms with Crippen LogP contribution in [0.1, 0.15) is 117 Å². The maximum Gasteiger partial charge on any atom is 0.224 e. The fourth-order valence-corrected chi connectivity index (χ4v) is 4.93. The zero-order chi connectivity index (χ0) is 18.8. The SMILES string of the molecule is CCCCCCCCCCCCN1C(=O)CC(C)(C)NC2CCCCC21. The molecule has 1 saturated carbocycles. The molecule has 0 aromatic rings. The Balaban J connectivity index is 1.67. The van der Waals surface area contributed by atoms with Crippen LogP contribution in [0, 0.1) is 0 Å². The summed E-state index contributed by atoms with van der Waals surface area (Å²) in [6.07, 6.45) is 19.2. The van der Waals surface area contributed by atoms with Gasteiger partial charge >= 0.3 is 0 Å². The average molecular weight is 365 g/mol. The van der Waals surface area contributed by atoms with E-state index in [4.69, 9.17) is 0 Å². The van der Waals surface area contributed by atoms with Crippen LogP contribution < -0.4 is 5.32 Å². The van der Waals surface area contributed by atoms with Gasteiger partial charge in [0.2, 0.25) is 5.91 Å². The molecule has 0 aromatic carbocycles. The minimum atomic E-state index is -0.0517. The van der Waals surface area contributed by atoms with Crippen LogP contribution in [0.25, 0.3) is 0 Å². The van der Waals surface area contributed by atoms with Crippen molar-refractivity contribution >= 4 is 5.91 Å². The molecule has 2 atom stereocenters. The van der Waals surface area contributed by atoms with Gasteiger partial charge in [-0.1, -0.05) is 77.6 Å². The highest BCUT2D eigenvalue weighted by molar-refractivity contribution is 5.78. The second kappa shape index (κ2) is 11.3. The van der Waals surface area contributed by atoms with Crippen LogP contribution in [0.15, 0.2) is 0 Å². The van der Waals surface area contributed by atoms with Gasteiger partial charge in [0, 0.05) is 30.6 Å². The van der Waals surface area contributed by atoms with Gasteiger partial charge in [0.1, 0.15) is 0 Å². The van der Waals surface area contributed by atoms with E-state index < -0.39 is 0 Å². The van der Waals surface area contributed by atoms with Crippen molar-refractivity contribution < 1.29 is 4.79 Å². The first-order valence-electron chi connectivity index (χ1n) is 11.6. The molecule has 2 fully saturated rings. The largest absolute Gasteiger partial charge is 0.338 e. The fraction of sp³-hybridized carbons (Fsp3) is 0.957. The van der Waals surface area contributed by atoms with Gasteiger partial charge in [-0.05, 0) is 33.1 Å². The fourth-order valence-electron chi connectivity index (χ4n) is 4.93. The maximum atomic E-state index is 12.9. The molecule has 1 aliphatic carbocycles. The van der Waals surface area contributed by atoms with Crippen LogP contribution >= 0.6 is 0 Å². The Kier molecular flexibility index (Phi) is 9.45. The third-order valence-corrected chi connectivity index (χ3v) is 6.37. The van der Waals surface area contributed by atoms with Crippen LogP contribution in [-0.4, -0.2) is 35.0 Å². The highest BCUT2D eigenvalue weighted by Gasteiger charge is 2.40. The van der Waals surface area contributed by atoms with Crippen molar-refractivity contribution in [3.8, 4) is 0 Å². The van der Waals surface area contributed by atoms with Gasteiger partial charge in [0.15, 0.2) is 0 Å². The van der Waals surface area contributed by atoms with E-state index in [-0.39, 0.29) is 5.54 Å². The number of nitrogens with one attached hydrogen (secondary N) is 1. The Morgan fingerprint density at radius 2 is 1.50 bits per heavy atom. The summed E-state index contributed by atoms with van der Waals surface area (Å²) >= 11 is 0. The molecular weight excluding hydrogens is 320 g/mol. The van der Waals surface area contributed by atoms with Gasteiger partial charge in [-0.2, -0.15) is 0 Å². The predicted molar refractivity (Wildman–Crippen MR) is 111 cm³/mol. The number of hydrogen-bond donors (Lipinski definition) is 1. The smallest absolute Gasteiger partial charge is 0.224 e. The Labute approximate surface area is 162 Å². The van der Waals surface area contributed by atoms with E-state index in [1.165, 1.54) is 89.9 Å². The normalized spacial score (nSPS) is 25.8. The highest BCUT2D eigenvalue weighted by atomic mass is 16.2. The summed E-state index contributed by atoms with van der Waals surface area (Å²) < 4.78 is 0. The third kappa shape index (κ3) is 7.21. The lowest BCUT2D eigenvalue weighted by molar-refractivity contribution is -0.134. The van der Waals surface area contributed by atoms with E-state index in [9.17, 15) is 4.79 Å². The molecule has 26 heavy (non-hydrogen) atoms. The summed E-state index contributed by atoms with van der Waals surface area (Å²) in [5.74, 6) is 0.382. The molecule has 3 nitrogen and oxygen atoms in total. The average Bonchev–Trinajstić information content (AvgIpc) is 2.69. The van der Waals surface area contributed by atoms with Gasteiger partial charge in [0.25, 0.3) is 0 Å². The molecule has 0 aromatic heterocycles. The number of carbonyl (C=O) groups is 1. The molecule has 2 rings (SSSR count). The van der Waals surface area contributed by atoms with Gasteiger partial charge in [-0.25, -0.2) is 0 Å². The van der Waals surface area contributed by atoms with E-state index in [1.807, 2.05) is 0 Å². The first-order valence-corrected chi connectivity index (χ1v) is 11.6. The van der Waals surface area contributed by atoms with Crippen molar-refractivity contribution in [1.29, 1.82) is 0 Å². The first-order chi connectivity index (χ1) is 12.5. The standard InChI is InChI=1S/C23H44N2O/c1-4-5-6-7-8-9-10-11-12-15-18-25-21-17-14-13-16-20(21)24-23(2,3)19-22(25)26/h20-21,24H,4-19H2,1-3H3. The minimum absolute atomic E-state index is 0.0517. The molecule has 0 radical (unpaired) electrons. The number of carbonyl (C=O) groups excluding carboxylic acids is 1. The molecule has 1 heterocycles. The number of rotatable bonds is 11. The van der Waals surface area contributed by atoms with Crippen LogP contribution in [0.2, 0.25) is 0 Å². The van der Waals surface area contributed by atoms with Crippen LogP contribution in [0.5, 0.6) is 0 Å². The molecule has 0 bridgehead atoms. The lowest BCUT2D eigenvalue weighted by Crippen LogP contribution is -2.53. The molecule has 1 aliphatic heterocycles. The van der Waals surface area contributed by atoms with Crippen molar-refractivity contribution in [3.63, 3.8) is 0 Å². The zero-order valence-electron chi connectivity index (χ0n) is 17.8. The highest BCUT2D eigenvalue weighted by Crippen LogP contribution is 2.30. The topological polar surface area (TPSA) is 32.3 Å². The predicted octanol–water partition coefficient (Wildman–Crippen LogP) is 5.82. The molecule has 2 unspecified atom stereocenters. The van der Waals surface area contributed by atoms with E-state index >= 15 is 0 Å². The third-order valence-electron chi connectivity index (χ3n) is 6.37. The van der Waals surface area contributed by atoms with Gasteiger partial charge < -0.3 is 10.2 Å². The Hall–Kier alpha value is -0.570. The summed E-state index contributed by atoms with van der Waals surface area (Å²) in [6, 6.07) is 0.949. The van der Waals surface area contributed by atoms with Crippen molar-refractivity contribution in [1.82, 2.24) is 10.2 Å². The van der Waals surface area contributed by atoms with Crippen molar-refractivity contribution in [2.45, 2.75) is 135 Å². The Morgan fingerprint density at radius 1 is 0.923 bits per heavy atom. The molecule has 3 heteroatoms. The van der Waals surface area contributed by atoms with E-state index in [1.54, 1.807) is 0 Å². The quantitative estimate of drug-likeness (QED) is 0.469. The van der Waals surface area contributed by atoms with Crippen molar-refractivity contribution in [2.75, 3.05) is 6.54 Å². The lowest BCUT2D eigenvalue weighted by Gasteiger charge is -2.39. The van der Waals surface area contributed by atoms with E-state index in [0.29, 0.717) is 24.4 Å². The van der Waals surface area contributed by atoms with Gasteiger partial charge in [-0.15, -0.1) is 0 Å². The zero-order valence-corrected chi connectivity index (χ0v) is 17.8. The first kappa shape index (κ1) is 21.7. The molecular formula is C23H44N2O. The molecule has 0 spiro atoms. The van der Waals surface area contributed by atoms with E-state index in [0.717, 1.165) is 6.54 Å². The number of amides is 1. The summed E-state index contributed by atoms with van der Waals surface area (Å²) in [5.41, 5.74) is -0.0517. The lowest BCUT2D eigenvalue weighted by atomic mass is 9.88. The number of hydrogen-bond acceptors (Lipinski definition) is 2. The summed E-state index contributed by atoms with van der Waals surface area (Å²) in [4.78, 5) is 15.1. The summed E-state index contributed by atoms with van der Waals surface area (Å²) in [6.45, 7) is 7.65. The summed E-state index contributed by atoms with van der Waals surface area (Å²) in [5, 5.41) is 3.79. The van der Waals surface area contributed by atoms with Crippen molar-refractivity contribution in [3.05, 3.63) is 0 Å². The van der Waals surface area contributed by atoms with Crippen molar-refractivity contribution in [2.24, 2.45) is 0 Å². The minimum Gasteiger partial charge on any atom is -0.338 e. The van der Waals surface area contributed by atoms with Crippen LogP contribution in [-0.2, 0) is 4.79 Å². The van der Waals surface area contributed by atoms with Crippen LogP contribution in [0.3, 0.4) is 0 Å². The van der Waals surface area contributed by atoms with Gasteiger partial charge in [0.05, 0.1) is 0 Å². The number of fused-ring (bicyclic) bond motifs is 1. The van der Waals surface area contributed by atoms with Gasteiger partial charge in [-0.3, -0.25) is 4.79 Å². The number of nitrogens with zero attached hydrogens (tertiary/aromatic N) is 1. The summed E-state index contributed by atoms with van der Waals surface area (Å²) in [7, 11) is 0. The molecule has 1 amide bonds. The Bertz CT molecular complexity index is 407. The second-order valence-corrected chi connectivity index (χ2v) is 9.43. The number of unbranched alkanes of at least 4 members (excludes halogenated alkanes) is 9. The molecule has 1 saturated heterocycles.